The van der Waals surface area contributed by atoms with Gasteiger partial charge in [-0.05, 0) is 18.2 Å². The van der Waals surface area contributed by atoms with Crippen LogP contribution in [0.4, 0.5) is 0 Å². The molecule has 1 N–H and O–H groups in total. The number of aliphatic hydroxyl groups excluding tert-OH is 1. The second-order valence-electron chi connectivity index (χ2n) is 2.77. The molecule has 0 fully saturated rings. The van der Waals surface area contributed by atoms with Crippen molar-refractivity contribution in [2.24, 2.45) is 0 Å². The number of rotatable bonds is 0. The van der Waals surface area contributed by atoms with Gasteiger partial charge in [0.25, 0.3) is 0 Å². The Morgan fingerprint density at radius 2 is 2.00 bits per heavy atom. The van der Waals surface area contributed by atoms with Crippen LogP contribution in [0.1, 0.15) is 11.3 Å². The van der Waals surface area contributed by atoms with Gasteiger partial charge in [-0.2, -0.15) is 0 Å². The second-order valence-corrected chi connectivity index (χ2v) is 2.77. The van der Waals surface area contributed by atoms with Gasteiger partial charge in [0, 0.05) is 17.3 Å². The molecular formula is C11H9NO. The van der Waals surface area contributed by atoms with Crippen LogP contribution in [0.5, 0.6) is 0 Å². The fraction of sp³-hybridized carbons (Fsp3) is 0. The van der Waals surface area contributed by atoms with Crippen molar-refractivity contribution >= 4 is 12.2 Å². The minimum Gasteiger partial charge on any atom is -0.515 e. The molecule has 0 unspecified atom stereocenters. The largest absolute Gasteiger partial charge is 0.515 e. The van der Waals surface area contributed by atoms with Crippen LogP contribution in [0, 0.1) is 0 Å². The molecule has 0 spiro atoms. The Bertz CT molecular complexity index is 367. The molecule has 1 aromatic rings. The monoisotopic (exact) mass is 171 g/mol. The molecular weight excluding hydrogens is 162 g/mol. The van der Waals surface area contributed by atoms with E-state index in [1.54, 1.807) is 6.20 Å². The lowest BCUT2D eigenvalue weighted by Gasteiger charge is -1.95. The van der Waals surface area contributed by atoms with Gasteiger partial charge in [0.05, 0.1) is 12.0 Å². The average molecular weight is 171 g/mol. The summed E-state index contributed by atoms with van der Waals surface area (Å²) < 4.78 is 0. The molecule has 0 atom stereocenters. The van der Waals surface area contributed by atoms with E-state index in [-0.39, 0.29) is 0 Å². The van der Waals surface area contributed by atoms with Gasteiger partial charge in [-0.15, -0.1) is 0 Å². The Labute approximate surface area is 76.6 Å². The SMILES string of the molecule is OC=C1C=Cc2cccnc2C=C1. The van der Waals surface area contributed by atoms with E-state index in [4.69, 9.17) is 5.11 Å². The fourth-order valence-corrected chi connectivity index (χ4v) is 1.21. The van der Waals surface area contributed by atoms with E-state index in [0.29, 0.717) is 0 Å². The Morgan fingerprint density at radius 3 is 2.85 bits per heavy atom. The number of aromatic nitrogens is 1. The number of nitrogens with zero attached hydrogens (tertiary/aromatic N) is 1. The summed E-state index contributed by atoms with van der Waals surface area (Å²) in [5, 5.41) is 8.81. The zero-order valence-electron chi connectivity index (χ0n) is 7.01. The van der Waals surface area contributed by atoms with Gasteiger partial charge < -0.3 is 5.11 Å². The zero-order valence-corrected chi connectivity index (χ0v) is 7.01. The van der Waals surface area contributed by atoms with Crippen molar-refractivity contribution in [3.63, 3.8) is 0 Å². The average Bonchev–Trinajstić information content (AvgIpc) is 2.39. The Balaban J connectivity index is 2.53. The standard InChI is InChI=1S/C11H9NO/c13-8-9-3-5-10-2-1-7-12-11(10)6-4-9/h1-8,13H. The first-order valence-corrected chi connectivity index (χ1v) is 4.06. The Kier molecular flexibility index (Phi) is 1.96. The van der Waals surface area contributed by atoms with Gasteiger partial charge in [0.2, 0.25) is 0 Å². The molecule has 2 nitrogen and oxygen atoms in total. The van der Waals surface area contributed by atoms with Crippen LogP contribution in [0.3, 0.4) is 0 Å². The number of aliphatic hydroxyl groups is 1. The molecule has 0 saturated carbocycles. The highest BCUT2D eigenvalue weighted by Crippen LogP contribution is 2.16. The van der Waals surface area contributed by atoms with E-state index < -0.39 is 0 Å². The van der Waals surface area contributed by atoms with Gasteiger partial charge >= 0.3 is 0 Å². The quantitative estimate of drug-likeness (QED) is 0.608. The molecule has 0 aromatic carbocycles. The summed E-state index contributed by atoms with van der Waals surface area (Å²) in [5.41, 5.74) is 2.77. The molecule has 0 radical (unpaired) electrons. The highest BCUT2D eigenvalue weighted by molar-refractivity contribution is 5.69. The summed E-state index contributed by atoms with van der Waals surface area (Å²) in [6.07, 6.45) is 10.3. The highest BCUT2D eigenvalue weighted by Gasteiger charge is 1.99. The molecule has 2 heteroatoms. The van der Waals surface area contributed by atoms with Crippen molar-refractivity contribution in [1.82, 2.24) is 4.98 Å². The molecule has 0 saturated heterocycles. The van der Waals surface area contributed by atoms with Gasteiger partial charge in [-0.3, -0.25) is 4.98 Å². The number of allylic oxidation sites excluding steroid dienone is 3. The fourth-order valence-electron chi connectivity index (χ4n) is 1.21. The third-order valence-corrected chi connectivity index (χ3v) is 1.91. The van der Waals surface area contributed by atoms with Crippen LogP contribution < -0.4 is 0 Å². The highest BCUT2D eigenvalue weighted by atomic mass is 16.2. The molecule has 0 amide bonds. The molecule has 64 valence electrons. The summed E-state index contributed by atoms with van der Waals surface area (Å²) in [7, 11) is 0. The lowest BCUT2D eigenvalue weighted by Crippen LogP contribution is -1.82. The van der Waals surface area contributed by atoms with Crippen molar-refractivity contribution in [2.75, 3.05) is 0 Å². The first-order chi connectivity index (χ1) is 6.40. The lowest BCUT2D eigenvalue weighted by molar-refractivity contribution is 0.471. The number of hydrogen-bond acceptors (Lipinski definition) is 2. The molecule has 0 aliphatic heterocycles. The smallest absolute Gasteiger partial charge is 0.0864 e. The Morgan fingerprint density at radius 1 is 1.15 bits per heavy atom. The summed E-state index contributed by atoms with van der Waals surface area (Å²) in [5.74, 6) is 0. The zero-order chi connectivity index (χ0) is 9.10. The van der Waals surface area contributed by atoms with E-state index in [2.05, 4.69) is 4.98 Å². The van der Waals surface area contributed by atoms with Gasteiger partial charge in [-0.1, -0.05) is 18.2 Å². The maximum absolute atomic E-state index is 8.81. The van der Waals surface area contributed by atoms with Gasteiger partial charge in [-0.25, -0.2) is 0 Å². The summed E-state index contributed by atoms with van der Waals surface area (Å²) in [6, 6.07) is 3.88. The predicted molar refractivity (Wildman–Crippen MR) is 53.0 cm³/mol. The van der Waals surface area contributed by atoms with Crippen LogP contribution in [-0.4, -0.2) is 10.1 Å². The molecule has 1 aliphatic carbocycles. The van der Waals surface area contributed by atoms with Gasteiger partial charge in [0.1, 0.15) is 0 Å². The van der Waals surface area contributed by atoms with Crippen molar-refractivity contribution in [3.8, 4) is 0 Å². The van der Waals surface area contributed by atoms with E-state index >= 15 is 0 Å². The molecule has 0 bridgehead atoms. The van der Waals surface area contributed by atoms with Crippen molar-refractivity contribution in [3.05, 3.63) is 53.6 Å². The maximum Gasteiger partial charge on any atom is 0.0864 e. The third-order valence-electron chi connectivity index (χ3n) is 1.91. The van der Waals surface area contributed by atoms with Crippen LogP contribution >= 0.6 is 0 Å². The van der Waals surface area contributed by atoms with Gasteiger partial charge in [0.15, 0.2) is 0 Å². The van der Waals surface area contributed by atoms with E-state index in [1.165, 1.54) is 0 Å². The molecule has 13 heavy (non-hydrogen) atoms. The third kappa shape index (κ3) is 1.51. The lowest BCUT2D eigenvalue weighted by atomic mass is 10.2. The van der Waals surface area contributed by atoms with E-state index in [0.717, 1.165) is 23.1 Å². The predicted octanol–water partition coefficient (Wildman–Crippen LogP) is 2.56. The molecule has 1 aromatic heterocycles. The normalized spacial score (nSPS) is 17.1. The topological polar surface area (TPSA) is 33.1 Å². The number of hydrogen-bond donors (Lipinski definition) is 1. The van der Waals surface area contributed by atoms with Crippen LogP contribution in [0.25, 0.3) is 12.2 Å². The van der Waals surface area contributed by atoms with Crippen LogP contribution in [-0.2, 0) is 0 Å². The minimum atomic E-state index is 0.776. The maximum atomic E-state index is 8.81. The molecule has 2 rings (SSSR count). The van der Waals surface area contributed by atoms with E-state index in [1.807, 2.05) is 36.4 Å². The first kappa shape index (κ1) is 7.80. The molecule has 1 heterocycles. The second kappa shape index (κ2) is 3.27. The summed E-state index contributed by atoms with van der Waals surface area (Å²) >= 11 is 0. The number of pyridine rings is 1. The Hall–Kier alpha value is -1.83. The minimum absolute atomic E-state index is 0.776. The van der Waals surface area contributed by atoms with Crippen LogP contribution in [0.15, 0.2) is 42.3 Å². The number of fused-ring (bicyclic) bond motifs is 1. The first-order valence-electron chi connectivity index (χ1n) is 4.06. The summed E-state index contributed by atoms with van der Waals surface area (Å²) in [4.78, 5) is 4.20. The van der Waals surface area contributed by atoms with Crippen molar-refractivity contribution < 1.29 is 5.11 Å². The molecule has 1 aliphatic rings. The summed E-state index contributed by atoms with van der Waals surface area (Å²) in [6.45, 7) is 0. The van der Waals surface area contributed by atoms with Crippen molar-refractivity contribution in [1.29, 1.82) is 0 Å². The van der Waals surface area contributed by atoms with Crippen LogP contribution in [0.2, 0.25) is 0 Å². The van der Waals surface area contributed by atoms with E-state index in [9.17, 15) is 0 Å². The van der Waals surface area contributed by atoms with Crippen molar-refractivity contribution in [2.45, 2.75) is 0 Å².